The van der Waals surface area contributed by atoms with E-state index in [1.807, 2.05) is 0 Å². The van der Waals surface area contributed by atoms with Crippen molar-refractivity contribution >= 4 is 5.91 Å². The van der Waals surface area contributed by atoms with Crippen LogP contribution in [0.2, 0.25) is 0 Å². The third-order valence-corrected chi connectivity index (χ3v) is 2.80. The molecular weight excluding hydrogens is 194 g/mol. The summed E-state index contributed by atoms with van der Waals surface area (Å²) in [7, 11) is 0. The second-order valence-electron chi connectivity index (χ2n) is 4.23. The van der Waals surface area contributed by atoms with Gasteiger partial charge in [0, 0.05) is 18.2 Å². The smallest absolute Gasteiger partial charge is 0.289 e. The van der Waals surface area contributed by atoms with Crippen LogP contribution in [0.4, 0.5) is 0 Å². The Labute approximate surface area is 88.0 Å². The third-order valence-electron chi connectivity index (χ3n) is 2.80. The van der Waals surface area contributed by atoms with Crippen molar-refractivity contribution in [1.82, 2.24) is 10.5 Å². The first-order valence-electron chi connectivity index (χ1n) is 5.09. The van der Waals surface area contributed by atoms with Gasteiger partial charge in [-0.15, -0.1) is 0 Å². The van der Waals surface area contributed by atoms with Gasteiger partial charge in [0.2, 0.25) is 5.76 Å². The van der Waals surface area contributed by atoms with E-state index in [4.69, 9.17) is 10.3 Å². The highest BCUT2D eigenvalue weighted by atomic mass is 16.5. The van der Waals surface area contributed by atoms with E-state index in [0.717, 1.165) is 19.3 Å². The van der Waals surface area contributed by atoms with Crippen molar-refractivity contribution in [2.24, 2.45) is 5.73 Å². The summed E-state index contributed by atoms with van der Waals surface area (Å²) in [6.45, 7) is 2.28. The molecule has 0 bridgehead atoms. The van der Waals surface area contributed by atoms with E-state index < -0.39 is 0 Å². The molecule has 0 spiro atoms. The predicted octanol–water partition coefficient (Wildman–Crippen LogP) is 0.594. The number of hydrogen-bond acceptors (Lipinski definition) is 4. The van der Waals surface area contributed by atoms with E-state index in [-0.39, 0.29) is 17.2 Å². The lowest BCUT2D eigenvalue weighted by Crippen LogP contribution is -2.54. The average Bonchev–Trinajstić information content (AvgIpc) is 2.58. The second kappa shape index (κ2) is 3.66. The summed E-state index contributed by atoms with van der Waals surface area (Å²) in [6, 6.07) is 1.61. The van der Waals surface area contributed by atoms with Crippen LogP contribution in [0.3, 0.4) is 0 Å². The highest BCUT2D eigenvalue weighted by Gasteiger charge is 2.32. The molecule has 0 unspecified atom stereocenters. The lowest BCUT2D eigenvalue weighted by molar-refractivity contribution is 0.0893. The van der Waals surface area contributed by atoms with Gasteiger partial charge in [-0.3, -0.25) is 4.79 Å². The number of carbonyl (C=O) groups is 1. The van der Waals surface area contributed by atoms with Crippen LogP contribution in [-0.4, -0.2) is 23.1 Å². The summed E-state index contributed by atoms with van der Waals surface area (Å²) < 4.78 is 4.84. The molecule has 0 aliphatic heterocycles. The van der Waals surface area contributed by atoms with Gasteiger partial charge in [0.1, 0.15) is 0 Å². The minimum atomic E-state index is -0.243. The molecule has 1 aromatic heterocycles. The molecule has 1 aliphatic rings. The van der Waals surface area contributed by atoms with Crippen LogP contribution >= 0.6 is 0 Å². The Kier molecular flexibility index (Phi) is 2.48. The zero-order chi connectivity index (χ0) is 10.9. The molecule has 0 radical (unpaired) electrons. The number of hydrogen-bond donors (Lipinski definition) is 2. The summed E-state index contributed by atoms with van der Waals surface area (Å²) in [5, 5.41) is 6.41. The van der Waals surface area contributed by atoms with Crippen molar-refractivity contribution < 1.29 is 9.32 Å². The maximum atomic E-state index is 11.5. The highest BCUT2D eigenvalue weighted by Crippen LogP contribution is 2.28. The lowest BCUT2D eigenvalue weighted by atomic mass is 9.78. The van der Waals surface area contributed by atoms with Gasteiger partial charge in [0.05, 0.1) is 5.69 Å². The molecule has 1 fully saturated rings. The highest BCUT2D eigenvalue weighted by molar-refractivity contribution is 5.91. The number of aromatic nitrogens is 1. The molecule has 1 saturated carbocycles. The minimum absolute atomic E-state index is 0.204. The Morgan fingerprint density at radius 3 is 2.93 bits per heavy atom. The molecule has 1 aliphatic carbocycles. The number of nitrogens with two attached hydrogens (primary N) is 1. The van der Waals surface area contributed by atoms with Crippen molar-refractivity contribution in [3.63, 3.8) is 0 Å². The van der Waals surface area contributed by atoms with Crippen molar-refractivity contribution in [2.45, 2.75) is 31.7 Å². The molecule has 1 heterocycles. The van der Waals surface area contributed by atoms with Crippen LogP contribution in [-0.2, 0) is 0 Å². The fourth-order valence-electron chi connectivity index (χ4n) is 1.62. The zero-order valence-corrected chi connectivity index (χ0v) is 8.75. The zero-order valence-electron chi connectivity index (χ0n) is 8.75. The molecule has 0 atom stereocenters. The van der Waals surface area contributed by atoms with E-state index >= 15 is 0 Å². The van der Waals surface area contributed by atoms with E-state index in [2.05, 4.69) is 10.5 Å². The third kappa shape index (κ3) is 2.18. The first-order valence-corrected chi connectivity index (χ1v) is 5.09. The molecule has 1 amide bonds. The van der Waals surface area contributed by atoms with Crippen molar-refractivity contribution in [3.8, 4) is 0 Å². The van der Waals surface area contributed by atoms with Gasteiger partial charge in [-0.2, -0.15) is 0 Å². The van der Waals surface area contributed by atoms with Gasteiger partial charge in [-0.1, -0.05) is 5.16 Å². The first-order chi connectivity index (χ1) is 7.09. The van der Waals surface area contributed by atoms with E-state index in [0.29, 0.717) is 12.2 Å². The van der Waals surface area contributed by atoms with Gasteiger partial charge < -0.3 is 15.6 Å². The second-order valence-corrected chi connectivity index (χ2v) is 4.23. The number of nitrogens with zero attached hydrogens (tertiary/aromatic N) is 1. The Morgan fingerprint density at radius 1 is 1.73 bits per heavy atom. The fourth-order valence-corrected chi connectivity index (χ4v) is 1.62. The summed E-state index contributed by atoms with van der Waals surface area (Å²) in [5.41, 5.74) is 6.47. The molecule has 3 N–H and O–H groups in total. The molecule has 15 heavy (non-hydrogen) atoms. The summed E-state index contributed by atoms with van der Waals surface area (Å²) in [4.78, 5) is 11.5. The van der Waals surface area contributed by atoms with Crippen molar-refractivity contribution in [3.05, 3.63) is 17.5 Å². The monoisotopic (exact) mass is 209 g/mol. The molecule has 5 heteroatoms. The number of rotatable bonds is 3. The molecule has 82 valence electrons. The topological polar surface area (TPSA) is 81.2 Å². The van der Waals surface area contributed by atoms with Gasteiger partial charge in [0.15, 0.2) is 0 Å². The SMILES string of the molecule is Cc1cc(C(=O)NCC2(N)CCC2)on1. The average molecular weight is 209 g/mol. The van der Waals surface area contributed by atoms with E-state index in [1.54, 1.807) is 13.0 Å². The van der Waals surface area contributed by atoms with Crippen LogP contribution in [0.1, 0.15) is 35.5 Å². The lowest BCUT2D eigenvalue weighted by Gasteiger charge is -2.37. The summed E-state index contributed by atoms with van der Waals surface area (Å²) >= 11 is 0. The van der Waals surface area contributed by atoms with Crippen LogP contribution in [0.5, 0.6) is 0 Å². The van der Waals surface area contributed by atoms with Crippen molar-refractivity contribution in [1.29, 1.82) is 0 Å². The number of carbonyl (C=O) groups excluding carboxylic acids is 1. The Morgan fingerprint density at radius 2 is 2.47 bits per heavy atom. The van der Waals surface area contributed by atoms with Crippen LogP contribution in [0.15, 0.2) is 10.6 Å². The van der Waals surface area contributed by atoms with Gasteiger partial charge in [-0.05, 0) is 26.2 Å². The normalized spacial score (nSPS) is 18.3. The van der Waals surface area contributed by atoms with E-state index in [9.17, 15) is 4.79 Å². The Bertz CT molecular complexity index is 368. The molecule has 5 nitrogen and oxygen atoms in total. The molecule has 1 aromatic rings. The maximum Gasteiger partial charge on any atom is 0.289 e. The molecule has 0 saturated heterocycles. The van der Waals surface area contributed by atoms with Gasteiger partial charge in [-0.25, -0.2) is 0 Å². The predicted molar refractivity (Wildman–Crippen MR) is 54.3 cm³/mol. The molecular formula is C10H15N3O2. The molecule has 2 rings (SSSR count). The molecule has 0 aromatic carbocycles. The number of nitrogens with one attached hydrogen (secondary N) is 1. The minimum Gasteiger partial charge on any atom is -0.351 e. The Balaban J connectivity index is 1.87. The van der Waals surface area contributed by atoms with Crippen LogP contribution in [0.25, 0.3) is 0 Å². The summed E-state index contributed by atoms with van der Waals surface area (Å²) in [6.07, 6.45) is 3.10. The van der Waals surface area contributed by atoms with E-state index in [1.165, 1.54) is 0 Å². The maximum absolute atomic E-state index is 11.5. The van der Waals surface area contributed by atoms with Gasteiger partial charge >= 0.3 is 0 Å². The van der Waals surface area contributed by atoms with Gasteiger partial charge in [0.25, 0.3) is 5.91 Å². The number of amides is 1. The first kappa shape index (κ1) is 10.2. The van der Waals surface area contributed by atoms with Crippen LogP contribution in [0, 0.1) is 6.92 Å². The quantitative estimate of drug-likeness (QED) is 0.763. The largest absolute Gasteiger partial charge is 0.351 e. The van der Waals surface area contributed by atoms with Crippen LogP contribution < -0.4 is 11.1 Å². The standard InChI is InChI=1S/C10H15N3O2/c1-7-5-8(15-13-7)9(14)12-6-10(11)3-2-4-10/h5H,2-4,6,11H2,1H3,(H,12,14). The van der Waals surface area contributed by atoms with Crippen molar-refractivity contribution in [2.75, 3.05) is 6.54 Å². The fraction of sp³-hybridized carbons (Fsp3) is 0.600. The Hall–Kier alpha value is -1.36. The number of aryl methyl sites for hydroxylation is 1. The summed E-state index contributed by atoms with van der Waals surface area (Å²) in [5.74, 6) is 0.00254.